The summed E-state index contributed by atoms with van der Waals surface area (Å²) >= 11 is 1.62. The summed E-state index contributed by atoms with van der Waals surface area (Å²) in [5.74, 6) is -0.514. The van der Waals surface area contributed by atoms with Gasteiger partial charge < -0.3 is 10.1 Å². The molecule has 1 amide bonds. The summed E-state index contributed by atoms with van der Waals surface area (Å²) in [6.45, 7) is 3.96. The van der Waals surface area contributed by atoms with Gasteiger partial charge >= 0.3 is 5.97 Å². The van der Waals surface area contributed by atoms with Crippen LogP contribution < -0.4 is 9.62 Å². The van der Waals surface area contributed by atoms with E-state index in [-0.39, 0.29) is 17.0 Å². The first-order chi connectivity index (χ1) is 16.8. The van der Waals surface area contributed by atoms with Crippen LogP contribution in [0.1, 0.15) is 22.8 Å². The van der Waals surface area contributed by atoms with Gasteiger partial charge in [-0.3, -0.25) is 9.10 Å². The maximum absolute atomic E-state index is 13.2. The normalized spacial score (nSPS) is 11.0. The van der Waals surface area contributed by atoms with Crippen LogP contribution in [0.2, 0.25) is 0 Å². The van der Waals surface area contributed by atoms with Crippen LogP contribution in [0.25, 0.3) is 0 Å². The molecule has 0 aliphatic heterocycles. The summed E-state index contributed by atoms with van der Waals surface area (Å²) in [6.07, 6.45) is 0. The molecule has 3 aromatic carbocycles. The number of hydrogen-bond donors (Lipinski definition) is 1. The Kier molecular flexibility index (Phi) is 9.33. The average molecular weight is 513 g/mol. The number of nitrogens with zero attached hydrogens (tertiary/aromatic N) is 1. The van der Waals surface area contributed by atoms with Gasteiger partial charge in [0.15, 0.2) is 6.61 Å². The molecule has 0 aliphatic carbocycles. The van der Waals surface area contributed by atoms with Crippen molar-refractivity contribution < 1.29 is 22.7 Å². The monoisotopic (exact) mass is 512 g/mol. The van der Waals surface area contributed by atoms with Gasteiger partial charge in [0.2, 0.25) is 0 Å². The molecule has 0 saturated carbocycles. The Morgan fingerprint density at radius 1 is 0.971 bits per heavy atom. The lowest BCUT2D eigenvalue weighted by molar-refractivity contribution is -0.124. The molecule has 35 heavy (non-hydrogen) atoms. The van der Waals surface area contributed by atoms with Crippen LogP contribution in [0.5, 0.6) is 0 Å². The molecule has 3 aromatic rings. The van der Waals surface area contributed by atoms with Crippen LogP contribution >= 0.6 is 11.8 Å². The highest BCUT2D eigenvalue weighted by molar-refractivity contribution is 7.99. The summed E-state index contributed by atoms with van der Waals surface area (Å²) in [7, 11) is -3.89. The minimum absolute atomic E-state index is 0.0322. The number of amides is 1. The van der Waals surface area contributed by atoms with E-state index < -0.39 is 28.5 Å². The van der Waals surface area contributed by atoms with Crippen molar-refractivity contribution >= 4 is 39.3 Å². The fourth-order valence-electron chi connectivity index (χ4n) is 3.26. The van der Waals surface area contributed by atoms with E-state index in [4.69, 9.17) is 4.74 Å². The van der Waals surface area contributed by atoms with Crippen LogP contribution in [-0.4, -0.2) is 45.7 Å². The van der Waals surface area contributed by atoms with E-state index in [0.29, 0.717) is 18.0 Å². The van der Waals surface area contributed by atoms with E-state index in [1.54, 1.807) is 49.0 Å². The first-order valence-electron chi connectivity index (χ1n) is 11.1. The smallest absolute Gasteiger partial charge is 0.338 e. The van der Waals surface area contributed by atoms with Crippen LogP contribution in [0.4, 0.5) is 5.69 Å². The van der Waals surface area contributed by atoms with Crippen molar-refractivity contribution in [1.29, 1.82) is 0 Å². The van der Waals surface area contributed by atoms with Crippen molar-refractivity contribution in [2.45, 2.75) is 23.6 Å². The lowest BCUT2D eigenvalue weighted by Gasteiger charge is -2.23. The van der Waals surface area contributed by atoms with E-state index in [2.05, 4.69) is 5.32 Å². The lowest BCUT2D eigenvalue weighted by Crippen LogP contribution is -2.31. The van der Waals surface area contributed by atoms with Crippen LogP contribution in [-0.2, 0) is 19.6 Å². The summed E-state index contributed by atoms with van der Waals surface area (Å²) < 4.78 is 32.7. The van der Waals surface area contributed by atoms with Crippen molar-refractivity contribution in [3.8, 4) is 0 Å². The van der Waals surface area contributed by atoms with E-state index >= 15 is 0 Å². The third-order valence-electron chi connectivity index (χ3n) is 5.04. The largest absolute Gasteiger partial charge is 0.452 e. The average Bonchev–Trinajstić information content (AvgIpc) is 2.87. The maximum Gasteiger partial charge on any atom is 0.338 e. The number of aryl methyl sites for hydroxylation is 1. The van der Waals surface area contributed by atoms with Crippen LogP contribution in [0, 0.1) is 6.92 Å². The van der Waals surface area contributed by atoms with E-state index in [9.17, 15) is 18.0 Å². The predicted molar refractivity (Wildman–Crippen MR) is 138 cm³/mol. The molecule has 7 nitrogen and oxygen atoms in total. The molecule has 3 rings (SSSR count). The second-order valence-electron chi connectivity index (χ2n) is 7.62. The number of para-hydroxylation sites is 1. The molecular weight excluding hydrogens is 484 g/mol. The minimum atomic E-state index is -3.89. The van der Waals surface area contributed by atoms with Gasteiger partial charge in [0, 0.05) is 23.7 Å². The molecule has 0 fully saturated rings. The molecular formula is C26H28N2O5S2. The zero-order chi connectivity index (χ0) is 25.3. The first kappa shape index (κ1) is 26.3. The zero-order valence-electron chi connectivity index (χ0n) is 19.6. The van der Waals surface area contributed by atoms with Crippen molar-refractivity contribution in [3.05, 3.63) is 90.0 Å². The number of ether oxygens (including phenoxy) is 1. The molecule has 0 saturated heterocycles. The number of rotatable bonds is 11. The second kappa shape index (κ2) is 12.4. The molecule has 0 unspecified atom stereocenters. The molecule has 0 bridgehead atoms. The van der Waals surface area contributed by atoms with E-state index in [1.165, 1.54) is 34.1 Å². The fraction of sp³-hybridized carbons (Fsp3) is 0.231. The van der Waals surface area contributed by atoms with Gasteiger partial charge in [0.25, 0.3) is 15.9 Å². The first-order valence-corrected chi connectivity index (χ1v) is 13.5. The fourth-order valence-corrected chi connectivity index (χ4v) is 5.54. The van der Waals surface area contributed by atoms with Gasteiger partial charge in [-0.2, -0.15) is 0 Å². The van der Waals surface area contributed by atoms with Gasteiger partial charge in [0.1, 0.15) is 0 Å². The molecule has 0 aliphatic rings. The molecule has 0 aromatic heterocycles. The Morgan fingerprint density at radius 2 is 1.69 bits per heavy atom. The highest BCUT2D eigenvalue weighted by Crippen LogP contribution is 2.24. The minimum Gasteiger partial charge on any atom is -0.452 e. The van der Waals surface area contributed by atoms with Crippen LogP contribution in [0.15, 0.2) is 88.7 Å². The van der Waals surface area contributed by atoms with Gasteiger partial charge in [0.05, 0.1) is 16.1 Å². The molecule has 0 radical (unpaired) electrons. The Labute approximate surface area is 210 Å². The number of esters is 1. The third-order valence-corrected chi connectivity index (χ3v) is 7.95. The van der Waals surface area contributed by atoms with Gasteiger partial charge in [-0.15, -0.1) is 11.8 Å². The number of sulfonamides is 1. The number of thioether (sulfide) groups is 1. The Morgan fingerprint density at radius 3 is 2.37 bits per heavy atom. The van der Waals surface area contributed by atoms with E-state index in [1.807, 2.05) is 31.2 Å². The zero-order valence-corrected chi connectivity index (χ0v) is 21.3. The van der Waals surface area contributed by atoms with Crippen molar-refractivity contribution in [2.75, 3.05) is 29.8 Å². The standard InChI is InChI=1S/C26H28N2O5S2/c1-3-28(22-9-5-4-6-10-22)35(31,32)24-11-7-8-21(18-24)26(30)33-19-25(29)27-16-17-34-23-14-12-20(2)13-15-23/h4-15,18H,3,16-17,19H2,1-2H3,(H,27,29). The van der Waals surface area contributed by atoms with Crippen molar-refractivity contribution in [2.24, 2.45) is 0 Å². The molecule has 0 atom stereocenters. The van der Waals surface area contributed by atoms with Gasteiger partial charge in [-0.25, -0.2) is 13.2 Å². The summed E-state index contributed by atoms with van der Waals surface area (Å²) in [6, 6.07) is 22.5. The highest BCUT2D eigenvalue weighted by atomic mass is 32.2. The highest BCUT2D eigenvalue weighted by Gasteiger charge is 2.24. The Bertz CT molecular complexity index is 1250. The van der Waals surface area contributed by atoms with Gasteiger partial charge in [-0.1, -0.05) is 42.0 Å². The lowest BCUT2D eigenvalue weighted by atomic mass is 10.2. The maximum atomic E-state index is 13.2. The molecule has 1 N–H and O–H groups in total. The van der Waals surface area contributed by atoms with E-state index in [0.717, 1.165) is 4.90 Å². The number of hydrogen-bond acceptors (Lipinski definition) is 6. The number of anilines is 1. The number of carbonyl (C=O) groups is 2. The van der Waals surface area contributed by atoms with Gasteiger partial charge in [-0.05, 0) is 56.3 Å². The molecule has 184 valence electrons. The SMILES string of the molecule is CCN(c1ccccc1)S(=O)(=O)c1cccc(C(=O)OCC(=O)NCCSc2ccc(C)cc2)c1. The Balaban J connectivity index is 1.53. The summed E-state index contributed by atoms with van der Waals surface area (Å²) in [5, 5.41) is 2.71. The summed E-state index contributed by atoms with van der Waals surface area (Å²) in [4.78, 5) is 25.6. The predicted octanol–water partition coefficient (Wildman–Crippen LogP) is 4.28. The van der Waals surface area contributed by atoms with Crippen molar-refractivity contribution in [1.82, 2.24) is 5.32 Å². The quantitative estimate of drug-likeness (QED) is 0.234. The second-order valence-corrected chi connectivity index (χ2v) is 10.7. The molecule has 0 spiro atoms. The third kappa shape index (κ3) is 7.34. The number of carbonyl (C=O) groups excluding carboxylic acids is 2. The van der Waals surface area contributed by atoms with Crippen molar-refractivity contribution in [3.63, 3.8) is 0 Å². The number of benzene rings is 3. The topological polar surface area (TPSA) is 92.8 Å². The molecule has 9 heteroatoms. The molecule has 0 heterocycles. The Hall–Kier alpha value is -3.30. The van der Waals surface area contributed by atoms with Crippen LogP contribution in [0.3, 0.4) is 0 Å². The summed E-state index contributed by atoms with van der Waals surface area (Å²) in [5.41, 5.74) is 1.77. The number of nitrogens with one attached hydrogen (secondary N) is 1.